The maximum absolute atomic E-state index is 7.12. The highest BCUT2D eigenvalue weighted by atomic mass is 35.5. The maximum Gasteiger partial charge on any atom is 0.208 e. The summed E-state index contributed by atoms with van der Waals surface area (Å²) in [5, 5.41) is 0.908. The van der Waals surface area contributed by atoms with Gasteiger partial charge >= 0.3 is 0 Å². The van der Waals surface area contributed by atoms with E-state index in [1.54, 1.807) is 0 Å². The summed E-state index contributed by atoms with van der Waals surface area (Å²) in [5.74, 6) is 0.888. The summed E-state index contributed by atoms with van der Waals surface area (Å²) >= 11 is 7.12. The van der Waals surface area contributed by atoms with Gasteiger partial charge in [-0.15, -0.1) is 0 Å². The van der Waals surface area contributed by atoms with Crippen LogP contribution in [0.15, 0.2) is 82.5 Å². The fourth-order valence-electron chi connectivity index (χ4n) is 7.56. The average molecular weight is 590 g/mol. The molecule has 4 aliphatic rings. The Balaban J connectivity index is 1.27. The van der Waals surface area contributed by atoms with E-state index < -0.39 is 0 Å². The highest BCUT2D eigenvalue weighted by molar-refractivity contribution is 6.32. The molecule has 2 aromatic rings. The average Bonchev–Trinajstić information content (AvgIpc) is 3.39. The van der Waals surface area contributed by atoms with Crippen molar-refractivity contribution in [2.24, 2.45) is 5.92 Å². The first-order chi connectivity index (χ1) is 20.7. The van der Waals surface area contributed by atoms with E-state index in [2.05, 4.69) is 112 Å². The highest BCUT2D eigenvalue weighted by Gasteiger charge is 2.37. The van der Waals surface area contributed by atoms with Gasteiger partial charge in [-0.25, -0.2) is 4.99 Å². The summed E-state index contributed by atoms with van der Waals surface area (Å²) in [4.78, 5) is 3.78. The van der Waals surface area contributed by atoms with E-state index in [-0.39, 0.29) is 5.41 Å². The molecule has 0 radical (unpaired) electrons. The van der Waals surface area contributed by atoms with Crippen molar-refractivity contribution in [3.05, 3.63) is 116 Å². The molecule has 0 saturated heterocycles. The Bertz CT molecular complexity index is 1670. The van der Waals surface area contributed by atoms with Gasteiger partial charge in [0, 0.05) is 33.8 Å². The summed E-state index contributed by atoms with van der Waals surface area (Å²) in [6, 6.07) is 8.77. The molecule has 1 aliphatic heterocycles. The quantitative estimate of drug-likeness (QED) is 0.324. The normalized spacial score (nSPS) is 21.1. The van der Waals surface area contributed by atoms with Gasteiger partial charge in [0.05, 0.1) is 5.92 Å². The number of nitrogens with two attached hydrogens (primary N) is 1. The van der Waals surface area contributed by atoms with Crippen molar-refractivity contribution >= 4 is 40.8 Å². The smallest absolute Gasteiger partial charge is 0.208 e. The molecule has 0 spiro atoms. The molecular formula is C40H46ClN2+. The third-order valence-corrected chi connectivity index (χ3v) is 10.6. The molecule has 3 N–H and O–H groups in total. The van der Waals surface area contributed by atoms with Crippen LogP contribution in [0, 0.1) is 5.92 Å². The zero-order valence-corrected chi connectivity index (χ0v) is 27.2. The molecule has 0 bridgehead atoms. The van der Waals surface area contributed by atoms with Gasteiger partial charge in [0.25, 0.3) is 0 Å². The van der Waals surface area contributed by atoms with Crippen molar-refractivity contribution in [2.45, 2.75) is 90.9 Å². The first-order valence-electron chi connectivity index (χ1n) is 16.2. The number of hydrogen-bond acceptors (Lipinski definition) is 1. The molecule has 6 rings (SSSR count). The predicted molar refractivity (Wildman–Crippen MR) is 186 cm³/mol. The number of nitrogens with one attached hydrogen (secondary N) is 1. The maximum atomic E-state index is 7.12. The molecule has 1 heterocycles. The number of rotatable bonds is 6. The first-order valence-corrected chi connectivity index (χ1v) is 16.5. The first kappa shape index (κ1) is 29.7. The van der Waals surface area contributed by atoms with Crippen LogP contribution in [0.25, 0.3) is 12.2 Å². The monoisotopic (exact) mass is 589 g/mol. The van der Waals surface area contributed by atoms with Crippen LogP contribution >= 0.6 is 11.6 Å². The van der Waals surface area contributed by atoms with E-state index in [4.69, 9.17) is 17.3 Å². The summed E-state index contributed by atoms with van der Waals surface area (Å²) in [6.45, 7) is 11.5. The Morgan fingerprint density at radius 1 is 0.953 bits per heavy atom. The third-order valence-electron chi connectivity index (χ3n) is 10.1. The molecule has 43 heavy (non-hydrogen) atoms. The number of benzene rings is 2. The molecule has 2 aromatic carbocycles. The van der Waals surface area contributed by atoms with Gasteiger partial charge in [-0.3, -0.25) is 0 Å². The van der Waals surface area contributed by atoms with Gasteiger partial charge in [0.15, 0.2) is 5.71 Å². The SMILES string of the molecule is C/C(=C/C=C1/CCCC(/C=C/C2=[NH+]c3ccc4c(c3C2C(C)C)CCC=C4)=C1Cl)C(C)(C)c1c(N)ccc2c1CCC=C2. The number of fused-ring (bicyclic) bond motifs is 4. The summed E-state index contributed by atoms with van der Waals surface area (Å²) in [7, 11) is 0. The van der Waals surface area contributed by atoms with Crippen LogP contribution < -0.4 is 10.7 Å². The number of halogens is 1. The lowest BCUT2D eigenvalue weighted by atomic mass is 9.72. The summed E-state index contributed by atoms with van der Waals surface area (Å²) in [5.41, 5.74) is 22.0. The van der Waals surface area contributed by atoms with Crippen LogP contribution in [0.2, 0.25) is 0 Å². The zero-order chi connectivity index (χ0) is 30.3. The van der Waals surface area contributed by atoms with Gasteiger partial charge in [0.1, 0.15) is 0 Å². The molecule has 0 fully saturated rings. The zero-order valence-electron chi connectivity index (χ0n) is 26.5. The van der Waals surface area contributed by atoms with Crippen LogP contribution in [0.3, 0.4) is 0 Å². The predicted octanol–water partition coefficient (Wildman–Crippen LogP) is 9.18. The largest absolute Gasteiger partial charge is 0.398 e. The second kappa shape index (κ2) is 12.0. The summed E-state index contributed by atoms with van der Waals surface area (Å²) in [6.07, 6.45) is 25.7. The molecule has 1 unspecified atom stereocenters. The van der Waals surface area contributed by atoms with Crippen LogP contribution in [0.1, 0.15) is 106 Å². The van der Waals surface area contributed by atoms with Crippen molar-refractivity contribution in [3.8, 4) is 0 Å². The molecule has 1 atom stereocenters. The van der Waals surface area contributed by atoms with Crippen molar-refractivity contribution < 1.29 is 4.99 Å². The van der Waals surface area contributed by atoms with Crippen molar-refractivity contribution in [3.63, 3.8) is 0 Å². The van der Waals surface area contributed by atoms with Gasteiger partial charge in [0.2, 0.25) is 5.69 Å². The van der Waals surface area contributed by atoms with E-state index >= 15 is 0 Å². The van der Waals surface area contributed by atoms with Gasteiger partial charge in [-0.05, 0) is 109 Å². The molecule has 0 saturated carbocycles. The fourth-order valence-corrected chi connectivity index (χ4v) is 7.87. The Labute approximate surface area is 263 Å². The fraction of sp³-hybridized carbons (Fsp3) is 0.375. The lowest BCUT2D eigenvalue weighted by molar-refractivity contribution is -0.349. The van der Waals surface area contributed by atoms with Gasteiger partial charge in [-0.1, -0.05) is 93.5 Å². The van der Waals surface area contributed by atoms with Gasteiger partial charge in [-0.2, -0.15) is 0 Å². The second-order valence-corrected chi connectivity index (χ2v) is 13.9. The highest BCUT2D eigenvalue weighted by Crippen LogP contribution is 2.42. The van der Waals surface area contributed by atoms with E-state index in [1.165, 1.54) is 61.5 Å². The molecule has 222 valence electrons. The van der Waals surface area contributed by atoms with E-state index in [1.807, 2.05) is 0 Å². The standard InChI is InChI=1S/C40H45ClN2/c1-25(2)36-34(43-35-23-20-27-11-6-8-15-31(27)37(35)36)24-21-30-14-10-13-29(39(30)41)18-17-26(3)40(4,5)38-32-16-9-7-12-28(32)19-22-33(38)42/h6-7,11-12,17-25,36H,8-10,13-16,42H2,1-5H3/p+1/b24-21+,26-17-,29-18-. The molecular weight excluding hydrogens is 544 g/mol. The minimum absolute atomic E-state index is 0.175. The number of hydrogen-bond donors (Lipinski definition) is 2. The van der Waals surface area contributed by atoms with Gasteiger partial charge < -0.3 is 5.73 Å². The van der Waals surface area contributed by atoms with Crippen LogP contribution in [-0.4, -0.2) is 5.71 Å². The van der Waals surface area contributed by atoms with Crippen LogP contribution in [0.4, 0.5) is 11.4 Å². The minimum Gasteiger partial charge on any atom is -0.398 e. The van der Waals surface area contributed by atoms with E-state index in [0.717, 1.165) is 55.7 Å². The third kappa shape index (κ3) is 5.55. The van der Waals surface area contributed by atoms with E-state index in [9.17, 15) is 0 Å². The molecule has 0 amide bonds. The lowest BCUT2D eigenvalue weighted by Gasteiger charge is -2.32. The Morgan fingerprint density at radius 2 is 1.65 bits per heavy atom. The second-order valence-electron chi connectivity index (χ2n) is 13.6. The minimum atomic E-state index is -0.175. The molecule has 3 aliphatic carbocycles. The van der Waals surface area contributed by atoms with Crippen molar-refractivity contribution in [2.75, 3.05) is 5.73 Å². The summed E-state index contributed by atoms with van der Waals surface area (Å²) < 4.78 is 0. The molecule has 2 nitrogen and oxygen atoms in total. The molecule has 3 heteroatoms. The van der Waals surface area contributed by atoms with Crippen molar-refractivity contribution in [1.29, 1.82) is 0 Å². The number of nitrogen functional groups attached to an aromatic ring is 1. The number of allylic oxidation sites excluding steroid dienone is 10. The lowest BCUT2D eigenvalue weighted by Crippen LogP contribution is -2.64. The topological polar surface area (TPSA) is 40.0 Å². The van der Waals surface area contributed by atoms with Crippen molar-refractivity contribution in [1.82, 2.24) is 0 Å². The van der Waals surface area contributed by atoms with E-state index in [0.29, 0.717) is 11.8 Å². The Kier molecular flexibility index (Phi) is 8.26. The molecule has 0 aromatic heterocycles. The Hall–Kier alpha value is -3.36. The van der Waals surface area contributed by atoms with Crippen LogP contribution in [0.5, 0.6) is 0 Å². The van der Waals surface area contributed by atoms with Crippen LogP contribution in [-0.2, 0) is 18.3 Å². The Morgan fingerprint density at radius 3 is 2.40 bits per heavy atom. The number of anilines is 1.